The molecule has 170 valence electrons. The summed E-state index contributed by atoms with van der Waals surface area (Å²) in [6, 6.07) is 11.3. The van der Waals surface area contributed by atoms with E-state index in [1.165, 1.54) is 38.5 Å². The Morgan fingerprint density at radius 3 is 2.69 bits per heavy atom. The van der Waals surface area contributed by atoms with Gasteiger partial charge >= 0.3 is 6.03 Å². The zero-order valence-corrected chi connectivity index (χ0v) is 19.5. The summed E-state index contributed by atoms with van der Waals surface area (Å²) in [4.78, 5) is 12.6. The maximum Gasteiger partial charge on any atom is 0.323 e. The predicted molar refractivity (Wildman–Crippen MR) is 131 cm³/mol. The lowest BCUT2D eigenvalue weighted by Gasteiger charge is -2.47. The van der Waals surface area contributed by atoms with Crippen LogP contribution < -0.4 is 16.0 Å². The number of hydrogen-bond donors (Lipinski definition) is 3. The lowest BCUT2D eigenvalue weighted by molar-refractivity contribution is -0.0457. The topological polar surface area (TPSA) is 62.4 Å². The fraction of sp³-hybridized carbons (Fsp3) is 0.480. The highest BCUT2D eigenvalue weighted by atomic mass is 35.5. The number of nitrogens with one attached hydrogen (secondary N) is 3. The molecule has 1 saturated heterocycles. The fourth-order valence-electron chi connectivity index (χ4n) is 5.63. The minimum Gasteiger partial charge on any atom is -0.381 e. The van der Waals surface area contributed by atoms with Crippen molar-refractivity contribution in [2.75, 3.05) is 22.6 Å². The van der Waals surface area contributed by atoms with E-state index in [1.54, 1.807) is 18.2 Å². The van der Waals surface area contributed by atoms with Crippen LogP contribution in [0, 0.1) is 11.8 Å². The largest absolute Gasteiger partial charge is 0.381 e. The Kier molecular flexibility index (Phi) is 6.49. The molecule has 7 heteroatoms. The van der Waals surface area contributed by atoms with Gasteiger partial charge in [-0.25, -0.2) is 4.79 Å². The Bertz CT molecular complexity index is 993. The van der Waals surface area contributed by atoms with E-state index in [2.05, 4.69) is 22.0 Å². The molecule has 0 bridgehead atoms. The number of amides is 2. The van der Waals surface area contributed by atoms with Crippen LogP contribution in [0.3, 0.4) is 0 Å². The van der Waals surface area contributed by atoms with Crippen LogP contribution in [0.15, 0.2) is 36.4 Å². The van der Waals surface area contributed by atoms with Crippen molar-refractivity contribution in [3.63, 3.8) is 0 Å². The maximum absolute atomic E-state index is 12.6. The minimum atomic E-state index is -0.362. The van der Waals surface area contributed by atoms with Gasteiger partial charge in [0.25, 0.3) is 0 Å². The van der Waals surface area contributed by atoms with Crippen LogP contribution in [0.5, 0.6) is 0 Å². The van der Waals surface area contributed by atoms with Crippen molar-refractivity contribution in [3.05, 3.63) is 52.0 Å². The molecule has 3 aliphatic rings. The van der Waals surface area contributed by atoms with Crippen molar-refractivity contribution in [2.24, 2.45) is 11.8 Å². The summed E-state index contributed by atoms with van der Waals surface area (Å²) in [5.74, 6) is 1.20. The highest BCUT2D eigenvalue weighted by Crippen LogP contribution is 2.48. The molecule has 2 aliphatic heterocycles. The normalized spacial score (nSPS) is 25.2. The third kappa shape index (κ3) is 4.43. The molecule has 0 radical (unpaired) electrons. The molecule has 0 aromatic heterocycles. The number of anilines is 3. The van der Waals surface area contributed by atoms with Crippen molar-refractivity contribution in [1.82, 2.24) is 0 Å². The van der Waals surface area contributed by atoms with E-state index >= 15 is 0 Å². The summed E-state index contributed by atoms with van der Waals surface area (Å²) in [7, 11) is 0. The number of halogens is 2. The Morgan fingerprint density at radius 1 is 1.00 bits per heavy atom. The molecule has 5 rings (SSSR count). The molecule has 32 heavy (non-hydrogen) atoms. The first-order chi connectivity index (χ1) is 15.6. The SMILES string of the molecule is O=C(Nc1ccc2c(c1)[C@H]1OCCC[C@H]1[C@@H](C1CCCCC1)N2)Nc1cccc(Cl)c1Cl. The van der Waals surface area contributed by atoms with Crippen molar-refractivity contribution < 1.29 is 9.53 Å². The van der Waals surface area contributed by atoms with Crippen LogP contribution in [0.25, 0.3) is 0 Å². The van der Waals surface area contributed by atoms with E-state index in [4.69, 9.17) is 27.9 Å². The average Bonchev–Trinajstić information content (AvgIpc) is 2.82. The average molecular weight is 474 g/mol. The van der Waals surface area contributed by atoms with E-state index in [0.717, 1.165) is 35.9 Å². The highest BCUT2D eigenvalue weighted by Gasteiger charge is 2.42. The molecule has 1 aliphatic carbocycles. The van der Waals surface area contributed by atoms with Crippen molar-refractivity contribution in [1.29, 1.82) is 0 Å². The number of fused-ring (bicyclic) bond motifs is 3. The van der Waals surface area contributed by atoms with Crippen LogP contribution in [-0.2, 0) is 4.74 Å². The van der Waals surface area contributed by atoms with Crippen LogP contribution in [0.1, 0.15) is 56.6 Å². The molecule has 1 saturated carbocycles. The molecule has 0 spiro atoms. The second-order valence-corrected chi connectivity index (χ2v) is 9.93. The highest BCUT2D eigenvalue weighted by molar-refractivity contribution is 6.44. The van der Waals surface area contributed by atoms with Gasteiger partial charge in [-0.05, 0) is 61.9 Å². The number of rotatable bonds is 3. The third-order valence-corrected chi connectivity index (χ3v) is 7.94. The molecule has 2 heterocycles. The van der Waals surface area contributed by atoms with Crippen LogP contribution in [0.2, 0.25) is 10.0 Å². The van der Waals surface area contributed by atoms with Gasteiger partial charge in [-0.1, -0.05) is 48.5 Å². The zero-order valence-electron chi connectivity index (χ0n) is 18.0. The first-order valence-corrected chi connectivity index (χ1v) is 12.4. The van der Waals surface area contributed by atoms with Gasteiger partial charge in [-0.15, -0.1) is 0 Å². The number of urea groups is 1. The van der Waals surface area contributed by atoms with Gasteiger partial charge in [0.15, 0.2) is 0 Å². The Hall–Kier alpha value is -1.95. The van der Waals surface area contributed by atoms with E-state index in [9.17, 15) is 4.79 Å². The molecule has 5 nitrogen and oxygen atoms in total. The van der Waals surface area contributed by atoms with Crippen molar-refractivity contribution in [2.45, 2.75) is 57.1 Å². The standard InChI is InChI=1S/C25H29Cl2N3O2/c26-19-9-4-10-21(22(19)27)30-25(31)28-16-11-12-20-18(14-16)24-17(8-5-13-32-24)23(29-20)15-6-2-1-3-7-15/h4,9-12,14-15,17,23-24,29H,1-3,5-8,13H2,(H2,28,30,31)/t17-,23+,24-/m0/s1. The lowest BCUT2D eigenvalue weighted by atomic mass is 9.71. The smallest absolute Gasteiger partial charge is 0.323 e. The molecule has 0 unspecified atom stereocenters. The molecule has 2 fully saturated rings. The monoisotopic (exact) mass is 473 g/mol. The first-order valence-electron chi connectivity index (χ1n) is 11.6. The van der Waals surface area contributed by atoms with E-state index in [0.29, 0.717) is 27.7 Å². The van der Waals surface area contributed by atoms with Crippen LogP contribution in [-0.4, -0.2) is 18.7 Å². The Morgan fingerprint density at radius 2 is 1.84 bits per heavy atom. The molecule has 3 atom stereocenters. The third-order valence-electron chi connectivity index (χ3n) is 7.12. The van der Waals surface area contributed by atoms with E-state index in [1.807, 2.05) is 12.1 Å². The van der Waals surface area contributed by atoms with E-state index < -0.39 is 0 Å². The Balaban J connectivity index is 1.34. The predicted octanol–water partition coefficient (Wildman–Crippen LogP) is 7.48. The van der Waals surface area contributed by atoms with Gasteiger partial charge < -0.3 is 20.7 Å². The fourth-order valence-corrected chi connectivity index (χ4v) is 5.98. The summed E-state index contributed by atoms with van der Waals surface area (Å²) < 4.78 is 6.31. The summed E-state index contributed by atoms with van der Waals surface area (Å²) >= 11 is 12.2. The van der Waals surface area contributed by atoms with Gasteiger partial charge in [0.05, 0.1) is 21.8 Å². The van der Waals surface area contributed by atoms with Gasteiger partial charge in [-0.3, -0.25) is 0 Å². The summed E-state index contributed by atoms with van der Waals surface area (Å²) in [6.07, 6.45) is 9.03. The quantitative estimate of drug-likeness (QED) is 0.432. The first kappa shape index (κ1) is 21.9. The van der Waals surface area contributed by atoms with Gasteiger partial charge in [0.1, 0.15) is 0 Å². The zero-order chi connectivity index (χ0) is 22.1. The van der Waals surface area contributed by atoms with Crippen LogP contribution >= 0.6 is 23.2 Å². The van der Waals surface area contributed by atoms with E-state index in [-0.39, 0.29) is 12.1 Å². The molecular weight excluding hydrogens is 445 g/mol. The van der Waals surface area contributed by atoms with Gasteiger partial charge in [0.2, 0.25) is 0 Å². The van der Waals surface area contributed by atoms with Crippen LogP contribution in [0.4, 0.5) is 21.9 Å². The summed E-state index contributed by atoms with van der Waals surface area (Å²) in [6.45, 7) is 0.795. The minimum absolute atomic E-state index is 0.0825. The van der Waals surface area contributed by atoms with Gasteiger partial charge in [0, 0.05) is 35.5 Å². The number of carbonyl (C=O) groups is 1. The molecule has 2 aromatic carbocycles. The second kappa shape index (κ2) is 9.50. The second-order valence-electron chi connectivity index (χ2n) is 9.15. The number of hydrogen-bond acceptors (Lipinski definition) is 3. The lowest BCUT2D eigenvalue weighted by Crippen LogP contribution is -2.46. The molecular formula is C25H29Cl2N3O2. The summed E-state index contributed by atoms with van der Waals surface area (Å²) in [5.41, 5.74) is 3.47. The van der Waals surface area contributed by atoms with Crippen molar-refractivity contribution in [3.8, 4) is 0 Å². The maximum atomic E-state index is 12.6. The molecule has 3 N–H and O–H groups in total. The van der Waals surface area contributed by atoms with Gasteiger partial charge in [-0.2, -0.15) is 0 Å². The molecule has 2 amide bonds. The number of carbonyl (C=O) groups excluding carboxylic acids is 1. The van der Waals surface area contributed by atoms with Crippen molar-refractivity contribution >= 4 is 46.3 Å². The number of ether oxygens (including phenoxy) is 1. The summed E-state index contributed by atoms with van der Waals surface area (Å²) in [5, 5.41) is 10.3. The Labute approximate surface area is 199 Å². The molecule has 2 aromatic rings. The number of benzene rings is 2.